The number of carbonyl (C=O) groups excluding carboxylic acids is 1. The summed E-state index contributed by atoms with van der Waals surface area (Å²) in [5, 5.41) is 0. The monoisotopic (exact) mass is 174 g/mol. The summed E-state index contributed by atoms with van der Waals surface area (Å²) in [6.07, 6.45) is 5.92. The van der Waals surface area contributed by atoms with Crippen molar-refractivity contribution in [2.24, 2.45) is 0 Å². The first-order valence-corrected chi connectivity index (χ1v) is 4.28. The molecule has 0 atom stereocenters. The van der Waals surface area contributed by atoms with Crippen LogP contribution in [0.1, 0.15) is 32.6 Å². The lowest BCUT2D eigenvalue weighted by molar-refractivity contribution is -0.137. The number of esters is 1. The molecule has 0 spiro atoms. The van der Waals surface area contributed by atoms with Gasteiger partial charge in [0.05, 0.1) is 13.2 Å². The summed E-state index contributed by atoms with van der Waals surface area (Å²) >= 11 is 0. The Hall–Kier alpha value is -0.570. The van der Waals surface area contributed by atoms with Crippen molar-refractivity contribution in [1.82, 2.24) is 0 Å². The molecule has 0 aliphatic heterocycles. The maximum absolute atomic E-state index is 9.59. The first kappa shape index (κ1) is 11.4. The van der Waals surface area contributed by atoms with Crippen LogP contribution in [-0.2, 0) is 14.3 Å². The highest BCUT2D eigenvalue weighted by Crippen LogP contribution is 2.19. The number of rotatable bonds is 1. The third-order valence-corrected chi connectivity index (χ3v) is 1.92. The standard InChI is InChI=1S/C6H12O.C3H6O2/c1-7-6-4-2-3-5-6;1-3(4)5-2/h6H,2-5H2,1H3;1-2H3. The molecular weight excluding hydrogens is 156 g/mol. The van der Waals surface area contributed by atoms with E-state index in [1.165, 1.54) is 39.7 Å². The molecule has 0 heterocycles. The normalized spacial score (nSPS) is 16.6. The first-order valence-electron chi connectivity index (χ1n) is 4.28. The Kier molecular flexibility index (Phi) is 6.76. The van der Waals surface area contributed by atoms with Crippen molar-refractivity contribution in [3.8, 4) is 0 Å². The van der Waals surface area contributed by atoms with Crippen molar-refractivity contribution in [1.29, 1.82) is 0 Å². The highest BCUT2D eigenvalue weighted by molar-refractivity contribution is 5.65. The quantitative estimate of drug-likeness (QED) is 0.568. The third-order valence-electron chi connectivity index (χ3n) is 1.92. The first-order chi connectivity index (χ1) is 5.70. The highest BCUT2D eigenvalue weighted by Gasteiger charge is 2.12. The average molecular weight is 174 g/mol. The number of ether oxygens (including phenoxy) is 2. The predicted molar refractivity (Wildman–Crippen MR) is 47.0 cm³/mol. The van der Waals surface area contributed by atoms with Gasteiger partial charge in [-0.05, 0) is 12.8 Å². The summed E-state index contributed by atoms with van der Waals surface area (Å²) in [6, 6.07) is 0. The lowest BCUT2D eigenvalue weighted by Crippen LogP contribution is -2.01. The molecule has 12 heavy (non-hydrogen) atoms. The van der Waals surface area contributed by atoms with Crippen LogP contribution in [0.4, 0.5) is 0 Å². The van der Waals surface area contributed by atoms with Crippen molar-refractivity contribution in [3.05, 3.63) is 0 Å². The second kappa shape index (κ2) is 7.10. The largest absolute Gasteiger partial charge is 0.469 e. The Balaban J connectivity index is 0.000000217. The van der Waals surface area contributed by atoms with E-state index in [-0.39, 0.29) is 5.97 Å². The lowest BCUT2D eigenvalue weighted by Gasteiger charge is -2.02. The van der Waals surface area contributed by atoms with E-state index in [2.05, 4.69) is 4.74 Å². The molecule has 1 fully saturated rings. The van der Waals surface area contributed by atoms with Crippen LogP contribution >= 0.6 is 0 Å². The van der Waals surface area contributed by atoms with Crippen LogP contribution < -0.4 is 0 Å². The number of carbonyl (C=O) groups is 1. The van der Waals surface area contributed by atoms with Crippen LogP contribution in [0.2, 0.25) is 0 Å². The molecule has 3 heteroatoms. The maximum atomic E-state index is 9.59. The zero-order chi connectivity index (χ0) is 9.40. The summed E-state index contributed by atoms with van der Waals surface area (Å²) in [4.78, 5) is 9.59. The van der Waals surface area contributed by atoms with Crippen molar-refractivity contribution >= 4 is 5.97 Å². The summed E-state index contributed by atoms with van der Waals surface area (Å²) < 4.78 is 9.22. The van der Waals surface area contributed by atoms with Gasteiger partial charge in [0.1, 0.15) is 0 Å². The Labute approximate surface area is 74.0 Å². The third kappa shape index (κ3) is 6.16. The minimum atomic E-state index is -0.245. The summed E-state index contributed by atoms with van der Waals surface area (Å²) in [5.41, 5.74) is 0. The van der Waals surface area contributed by atoms with Crippen molar-refractivity contribution in [2.45, 2.75) is 38.7 Å². The smallest absolute Gasteiger partial charge is 0.302 e. The molecule has 1 saturated carbocycles. The van der Waals surface area contributed by atoms with E-state index in [4.69, 9.17) is 4.74 Å². The Bertz CT molecular complexity index is 117. The van der Waals surface area contributed by atoms with Gasteiger partial charge < -0.3 is 9.47 Å². The van der Waals surface area contributed by atoms with Gasteiger partial charge in [-0.25, -0.2) is 0 Å². The molecule has 1 aliphatic carbocycles. The van der Waals surface area contributed by atoms with Gasteiger partial charge in [0.15, 0.2) is 0 Å². The second-order valence-electron chi connectivity index (χ2n) is 2.84. The maximum Gasteiger partial charge on any atom is 0.302 e. The lowest BCUT2D eigenvalue weighted by atomic mass is 10.3. The van der Waals surface area contributed by atoms with Crippen LogP contribution in [-0.4, -0.2) is 26.3 Å². The SMILES string of the molecule is COC(C)=O.COC1CCCC1. The van der Waals surface area contributed by atoms with Crippen LogP contribution in [0.3, 0.4) is 0 Å². The molecule has 0 aromatic rings. The topological polar surface area (TPSA) is 35.5 Å². The molecule has 0 amide bonds. The van der Waals surface area contributed by atoms with E-state index >= 15 is 0 Å². The predicted octanol–water partition coefficient (Wildman–Crippen LogP) is 1.75. The molecule has 1 aliphatic rings. The number of hydrogen-bond acceptors (Lipinski definition) is 3. The highest BCUT2D eigenvalue weighted by atomic mass is 16.5. The molecular formula is C9H18O3. The molecule has 1 rings (SSSR count). The molecule has 0 saturated heterocycles. The van der Waals surface area contributed by atoms with E-state index in [1.54, 1.807) is 7.11 Å². The van der Waals surface area contributed by atoms with Gasteiger partial charge in [0, 0.05) is 14.0 Å². The van der Waals surface area contributed by atoms with E-state index in [0.29, 0.717) is 6.10 Å². The van der Waals surface area contributed by atoms with Crippen LogP contribution in [0, 0.1) is 0 Å². The summed E-state index contributed by atoms with van der Waals surface area (Å²) in [7, 11) is 3.15. The van der Waals surface area contributed by atoms with Gasteiger partial charge >= 0.3 is 5.97 Å². The van der Waals surface area contributed by atoms with Crippen molar-refractivity contribution in [3.63, 3.8) is 0 Å². The van der Waals surface area contributed by atoms with Crippen LogP contribution in [0.15, 0.2) is 0 Å². The Morgan fingerprint density at radius 1 is 1.25 bits per heavy atom. The minimum Gasteiger partial charge on any atom is -0.469 e. The summed E-state index contributed by atoms with van der Waals surface area (Å²) in [5.74, 6) is -0.245. The molecule has 0 unspecified atom stereocenters. The fraction of sp³-hybridized carbons (Fsp3) is 0.889. The van der Waals surface area contributed by atoms with Crippen molar-refractivity contribution in [2.75, 3.05) is 14.2 Å². The van der Waals surface area contributed by atoms with E-state index in [9.17, 15) is 4.79 Å². The fourth-order valence-corrected chi connectivity index (χ4v) is 1.12. The molecule has 72 valence electrons. The van der Waals surface area contributed by atoms with E-state index in [1.807, 2.05) is 0 Å². The Morgan fingerprint density at radius 3 is 1.83 bits per heavy atom. The van der Waals surface area contributed by atoms with Gasteiger partial charge in [0.25, 0.3) is 0 Å². The van der Waals surface area contributed by atoms with Gasteiger partial charge in [-0.3, -0.25) is 4.79 Å². The fourth-order valence-electron chi connectivity index (χ4n) is 1.12. The molecule has 0 aromatic carbocycles. The molecule has 0 bridgehead atoms. The van der Waals surface area contributed by atoms with Gasteiger partial charge in [-0.15, -0.1) is 0 Å². The number of methoxy groups -OCH3 is 2. The van der Waals surface area contributed by atoms with E-state index in [0.717, 1.165) is 0 Å². The number of hydrogen-bond donors (Lipinski definition) is 0. The average Bonchev–Trinajstić information content (AvgIpc) is 2.57. The zero-order valence-corrected chi connectivity index (χ0v) is 8.13. The van der Waals surface area contributed by atoms with Crippen LogP contribution in [0.25, 0.3) is 0 Å². The minimum absolute atomic E-state index is 0.245. The van der Waals surface area contributed by atoms with E-state index < -0.39 is 0 Å². The molecule has 0 radical (unpaired) electrons. The van der Waals surface area contributed by atoms with Gasteiger partial charge in [0.2, 0.25) is 0 Å². The second-order valence-corrected chi connectivity index (χ2v) is 2.84. The van der Waals surface area contributed by atoms with Crippen LogP contribution in [0.5, 0.6) is 0 Å². The van der Waals surface area contributed by atoms with Gasteiger partial charge in [-0.1, -0.05) is 12.8 Å². The molecule has 3 nitrogen and oxygen atoms in total. The Morgan fingerprint density at radius 2 is 1.67 bits per heavy atom. The zero-order valence-electron chi connectivity index (χ0n) is 8.13. The van der Waals surface area contributed by atoms with Crippen molar-refractivity contribution < 1.29 is 14.3 Å². The summed E-state index contributed by atoms with van der Waals surface area (Å²) in [6.45, 7) is 1.36. The van der Waals surface area contributed by atoms with Gasteiger partial charge in [-0.2, -0.15) is 0 Å². The molecule has 0 N–H and O–H groups in total. The molecule has 0 aromatic heterocycles.